The summed E-state index contributed by atoms with van der Waals surface area (Å²) in [6.07, 6.45) is -3.40. The predicted molar refractivity (Wildman–Crippen MR) is 136 cm³/mol. The van der Waals surface area contributed by atoms with Gasteiger partial charge in [-0.2, -0.15) is 13.2 Å². The van der Waals surface area contributed by atoms with Crippen LogP contribution in [0.3, 0.4) is 0 Å². The Labute approximate surface area is 226 Å². The Morgan fingerprint density at radius 2 is 1.77 bits per heavy atom. The van der Waals surface area contributed by atoms with Crippen molar-refractivity contribution in [1.82, 2.24) is 26.1 Å². The van der Waals surface area contributed by atoms with E-state index in [0.717, 1.165) is 18.5 Å². The Balaban J connectivity index is 0.000000559. The summed E-state index contributed by atoms with van der Waals surface area (Å²) in [6, 6.07) is 16.4. The smallest absolute Gasteiger partial charge is 0.475 e. The fourth-order valence-corrected chi connectivity index (χ4v) is 4.00. The number of amides is 2. The third kappa shape index (κ3) is 8.80. The van der Waals surface area contributed by atoms with E-state index in [1.807, 2.05) is 30.3 Å². The number of H-pyrrole nitrogens is 1. The second-order valence-electron chi connectivity index (χ2n) is 9.03. The number of nitrogens with one attached hydrogen (secondary N) is 4. The highest BCUT2D eigenvalue weighted by Gasteiger charge is 2.38. The fraction of sp³-hybridized carbons (Fsp3) is 0.346. The standard InChI is InChI=1S/C24H27N5O4.C2HF3O2/c1-15(27-23(31)20-13-19(11-12-25-20)17-5-3-2-4-6-17)22(30)26-14-16-7-9-18(10-8-16)21-28-24(32)33-29-21;3-2(4,5)1(6)7/h2-10,15,19-20,25H,11-14H2,1H3,(H,26,30)(H,27,31)(H,28,29,32);(H,6,7)/t15-,19-,20+;/m0./s1. The molecule has 0 spiro atoms. The molecular weight excluding hydrogens is 535 g/mol. The molecule has 40 heavy (non-hydrogen) atoms. The molecule has 3 atom stereocenters. The molecule has 0 aliphatic carbocycles. The molecule has 2 heterocycles. The topological polar surface area (TPSA) is 166 Å². The van der Waals surface area contributed by atoms with Gasteiger partial charge in [0.15, 0.2) is 5.82 Å². The zero-order valence-corrected chi connectivity index (χ0v) is 21.3. The number of hydrogen-bond donors (Lipinski definition) is 5. The second kappa shape index (κ2) is 13.6. The number of rotatable bonds is 7. The fourth-order valence-electron chi connectivity index (χ4n) is 4.00. The van der Waals surface area contributed by atoms with E-state index < -0.39 is 23.9 Å². The van der Waals surface area contributed by atoms with Crippen LogP contribution in [0.4, 0.5) is 13.2 Å². The number of aromatic nitrogens is 2. The number of carbonyl (C=O) groups is 3. The molecule has 2 amide bonds. The van der Waals surface area contributed by atoms with Crippen molar-refractivity contribution in [3.8, 4) is 11.4 Å². The average Bonchev–Trinajstić information content (AvgIpc) is 3.38. The van der Waals surface area contributed by atoms with Crippen LogP contribution in [0.25, 0.3) is 11.4 Å². The van der Waals surface area contributed by atoms with Crippen LogP contribution in [-0.2, 0) is 20.9 Å². The van der Waals surface area contributed by atoms with Crippen LogP contribution in [0.1, 0.15) is 36.8 Å². The van der Waals surface area contributed by atoms with Gasteiger partial charge in [0.25, 0.3) is 0 Å². The van der Waals surface area contributed by atoms with Gasteiger partial charge in [-0.1, -0.05) is 59.8 Å². The minimum absolute atomic E-state index is 0.163. The number of halogens is 3. The Hall–Kier alpha value is -4.46. The zero-order chi connectivity index (χ0) is 29.3. The molecule has 1 fully saturated rings. The monoisotopic (exact) mass is 563 g/mol. The molecule has 0 saturated carbocycles. The van der Waals surface area contributed by atoms with E-state index >= 15 is 0 Å². The van der Waals surface area contributed by atoms with Gasteiger partial charge in [0, 0.05) is 12.1 Å². The van der Waals surface area contributed by atoms with Crippen LogP contribution in [0, 0.1) is 0 Å². The maximum absolute atomic E-state index is 12.7. The molecule has 1 saturated heterocycles. The average molecular weight is 564 g/mol. The van der Waals surface area contributed by atoms with Crippen LogP contribution in [0.15, 0.2) is 63.9 Å². The van der Waals surface area contributed by atoms with Crippen molar-refractivity contribution >= 4 is 17.8 Å². The third-order valence-electron chi connectivity index (χ3n) is 6.12. The quantitative estimate of drug-likeness (QED) is 0.292. The number of carboxylic acid groups (broad SMARTS) is 1. The summed E-state index contributed by atoms with van der Waals surface area (Å²) in [5.74, 6) is -3.13. The van der Waals surface area contributed by atoms with Gasteiger partial charge in [-0.3, -0.25) is 19.1 Å². The Morgan fingerprint density at radius 3 is 2.35 bits per heavy atom. The van der Waals surface area contributed by atoms with Gasteiger partial charge in [0.05, 0.1) is 6.04 Å². The van der Waals surface area contributed by atoms with Crippen molar-refractivity contribution in [2.75, 3.05) is 6.54 Å². The predicted octanol–water partition coefficient (Wildman–Crippen LogP) is 2.32. The van der Waals surface area contributed by atoms with Gasteiger partial charge in [0.2, 0.25) is 11.8 Å². The van der Waals surface area contributed by atoms with Crippen molar-refractivity contribution in [2.45, 2.75) is 50.5 Å². The maximum atomic E-state index is 12.7. The van der Waals surface area contributed by atoms with Crippen molar-refractivity contribution < 1.29 is 37.2 Å². The van der Waals surface area contributed by atoms with Crippen LogP contribution < -0.4 is 21.7 Å². The normalized spacial score (nSPS) is 17.6. The molecule has 1 aliphatic heterocycles. The van der Waals surface area contributed by atoms with E-state index in [1.54, 1.807) is 19.1 Å². The summed E-state index contributed by atoms with van der Waals surface area (Å²) < 4.78 is 36.2. The zero-order valence-electron chi connectivity index (χ0n) is 21.3. The summed E-state index contributed by atoms with van der Waals surface area (Å²) in [4.78, 5) is 47.7. The van der Waals surface area contributed by atoms with E-state index in [0.29, 0.717) is 30.3 Å². The summed E-state index contributed by atoms with van der Waals surface area (Å²) >= 11 is 0. The Kier molecular flexibility index (Phi) is 10.2. The summed E-state index contributed by atoms with van der Waals surface area (Å²) in [5.41, 5.74) is 2.81. The number of carbonyl (C=O) groups excluding carboxylic acids is 2. The summed E-state index contributed by atoms with van der Waals surface area (Å²) in [5, 5.41) is 19.7. The van der Waals surface area contributed by atoms with Crippen LogP contribution in [-0.4, -0.2) is 57.8 Å². The van der Waals surface area contributed by atoms with E-state index in [-0.39, 0.29) is 17.9 Å². The van der Waals surface area contributed by atoms with E-state index in [2.05, 4.69) is 42.7 Å². The van der Waals surface area contributed by atoms with Gasteiger partial charge < -0.3 is 21.1 Å². The number of nitrogens with zero attached hydrogens (tertiary/aromatic N) is 1. The first-order valence-corrected chi connectivity index (χ1v) is 12.3. The number of benzene rings is 2. The second-order valence-corrected chi connectivity index (χ2v) is 9.03. The highest BCUT2D eigenvalue weighted by molar-refractivity contribution is 5.89. The number of alkyl halides is 3. The number of aliphatic carboxylic acids is 1. The lowest BCUT2D eigenvalue weighted by Gasteiger charge is -2.30. The Morgan fingerprint density at radius 1 is 1.12 bits per heavy atom. The molecule has 0 bridgehead atoms. The maximum Gasteiger partial charge on any atom is 0.490 e. The van der Waals surface area contributed by atoms with Crippen LogP contribution in [0.5, 0.6) is 0 Å². The molecule has 0 unspecified atom stereocenters. The van der Waals surface area contributed by atoms with Crippen molar-refractivity contribution in [3.05, 3.63) is 76.3 Å². The van der Waals surface area contributed by atoms with E-state index in [9.17, 15) is 27.6 Å². The molecule has 5 N–H and O–H groups in total. The van der Waals surface area contributed by atoms with E-state index in [4.69, 9.17) is 9.90 Å². The molecule has 2 aromatic carbocycles. The van der Waals surface area contributed by atoms with Crippen LogP contribution >= 0.6 is 0 Å². The van der Waals surface area contributed by atoms with Gasteiger partial charge >= 0.3 is 17.9 Å². The largest absolute Gasteiger partial charge is 0.490 e. The van der Waals surface area contributed by atoms with Crippen molar-refractivity contribution in [1.29, 1.82) is 0 Å². The molecule has 14 heteroatoms. The van der Waals surface area contributed by atoms with Gasteiger partial charge in [0.1, 0.15) is 6.04 Å². The van der Waals surface area contributed by atoms with Crippen molar-refractivity contribution in [3.63, 3.8) is 0 Å². The van der Waals surface area contributed by atoms with Gasteiger partial charge in [-0.25, -0.2) is 9.59 Å². The molecule has 1 aromatic heterocycles. The summed E-state index contributed by atoms with van der Waals surface area (Å²) in [6.45, 7) is 2.75. The SMILES string of the molecule is C[C@H](NC(=O)[C@H]1C[C@@H](c2ccccc2)CCN1)C(=O)NCc1ccc(-c2noc(=O)[nH]2)cc1.O=C(O)C(F)(F)F. The molecule has 11 nitrogen and oxygen atoms in total. The minimum Gasteiger partial charge on any atom is -0.475 e. The minimum atomic E-state index is -5.08. The number of piperidine rings is 1. The first kappa shape index (κ1) is 30.1. The van der Waals surface area contributed by atoms with Gasteiger partial charge in [-0.15, -0.1) is 0 Å². The summed E-state index contributed by atoms with van der Waals surface area (Å²) in [7, 11) is 0. The molecule has 4 rings (SSSR count). The first-order valence-electron chi connectivity index (χ1n) is 12.3. The number of hydrogen-bond acceptors (Lipinski definition) is 7. The Bertz CT molecular complexity index is 1340. The molecule has 0 radical (unpaired) electrons. The third-order valence-corrected chi connectivity index (χ3v) is 6.12. The van der Waals surface area contributed by atoms with Crippen LogP contribution in [0.2, 0.25) is 0 Å². The molecule has 1 aliphatic rings. The lowest BCUT2D eigenvalue weighted by molar-refractivity contribution is -0.192. The number of aromatic amines is 1. The molecule has 3 aromatic rings. The molecular formula is C26H28F3N5O6. The number of carboxylic acids is 1. The first-order chi connectivity index (χ1) is 18.9. The highest BCUT2D eigenvalue weighted by atomic mass is 19.4. The lowest BCUT2D eigenvalue weighted by Crippen LogP contribution is -2.53. The molecule has 214 valence electrons. The lowest BCUT2D eigenvalue weighted by atomic mass is 9.86. The van der Waals surface area contributed by atoms with Crippen molar-refractivity contribution in [2.24, 2.45) is 0 Å². The van der Waals surface area contributed by atoms with E-state index in [1.165, 1.54) is 5.56 Å². The van der Waals surface area contributed by atoms with Gasteiger partial charge in [-0.05, 0) is 43.4 Å². The highest BCUT2D eigenvalue weighted by Crippen LogP contribution is 2.27.